The molecule has 0 atom stereocenters. The lowest BCUT2D eigenvalue weighted by Crippen LogP contribution is -2.22. The zero-order valence-electron chi connectivity index (χ0n) is 16.5. The maximum Gasteiger partial charge on any atom is 0.349 e. The first-order valence-corrected chi connectivity index (χ1v) is 8.86. The van der Waals surface area contributed by atoms with Crippen LogP contribution < -0.4 is 10.9 Å². The summed E-state index contributed by atoms with van der Waals surface area (Å²) in [4.78, 5) is 52.4. The van der Waals surface area contributed by atoms with Gasteiger partial charge in [0.2, 0.25) is 0 Å². The molecule has 154 valence electrons. The van der Waals surface area contributed by atoms with Crippen LogP contribution in [0.2, 0.25) is 0 Å². The molecule has 0 radical (unpaired) electrons. The third kappa shape index (κ3) is 4.19. The number of fused-ring (bicyclic) bond motifs is 1. The number of rotatable bonds is 5. The summed E-state index contributed by atoms with van der Waals surface area (Å²) in [6.45, 7) is 2.81. The van der Waals surface area contributed by atoms with Gasteiger partial charge in [-0.3, -0.25) is 14.6 Å². The summed E-state index contributed by atoms with van der Waals surface area (Å²) in [5.41, 5.74) is 0.266. The first kappa shape index (κ1) is 20.7. The molecule has 0 bridgehead atoms. The standard InChI is InChI=1S/C21H18N2O7/c1-11-18-15(13(9-22-11)10-29-12(2)24)8-16(21(27)30-18)19(25)23-17-7-5-4-6-14(17)20(26)28-3/h4-9H,10H2,1-3H3,(H,23,25). The van der Waals surface area contributed by atoms with E-state index in [4.69, 9.17) is 13.9 Å². The average Bonchev–Trinajstić information content (AvgIpc) is 2.73. The monoisotopic (exact) mass is 410 g/mol. The van der Waals surface area contributed by atoms with Gasteiger partial charge in [-0.05, 0) is 25.1 Å². The Bertz CT molecular complexity index is 1210. The highest BCUT2D eigenvalue weighted by molar-refractivity contribution is 6.08. The van der Waals surface area contributed by atoms with Crippen molar-refractivity contribution in [2.75, 3.05) is 12.4 Å². The van der Waals surface area contributed by atoms with Crippen molar-refractivity contribution in [3.8, 4) is 0 Å². The summed E-state index contributed by atoms with van der Waals surface area (Å²) in [7, 11) is 1.22. The number of esters is 2. The number of methoxy groups -OCH3 is 1. The summed E-state index contributed by atoms with van der Waals surface area (Å²) in [6, 6.07) is 7.58. The Morgan fingerprint density at radius 1 is 1.17 bits per heavy atom. The van der Waals surface area contributed by atoms with Crippen LogP contribution in [-0.2, 0) is 20.9 Å². The van der Waals surface area contributed by atoms with Gasteiger partial charge >= 0.3 is 17.6 Å². The lowest BCUT2D eigenvalue weighted by atomic mass is 10.1. The molecular weight excluding hydrogens is 392 g/mol. The van der Waals surface area contributed by atoms with Gasteiger partial charge in [0, 0.05) is 24.1 Å². The van der Waals surface area contributed by atoms with Crippen molar-refractivity contribution < 1.29 is 28.3 Å². The van der Waals surface area contributed by atoms with Gasteiger partial charge in [0.25, 0.3) is 5.91 Å². The fourth-order valence-corrected chi connectivity index (χ4v) is 2.80. The molecule has 0 aliphatic heterocycles. The minimum absolute atomic E-state index is 0.0981. The van der Waals surface area contributed by atoms with Crippen LogP contribution in [-0.4, -0.2) is 29.9 Å². The van der Waals surface area contributed by atoms with Crippen molar-refractivity contribution in [1.82, 2.24) is 4.98 Å². The van der Waals surface area contributed by atoms with E-state index in [-0.39, 0.29) is 29.0 Å². The van der Waals surface area contributed by atoms with Gasteiger partial charge in [-0.15, -0.1) is 0 Å². The summed E-state index contributed by atoms with van der Waals surface area (Å²) >= 11 is 0. The number of anilines is 1. The van der Waals surface area contributed by atoms with E-state index in [0.717, 1.165) is 0 Å². The Morgan fingerprint density at radius 3 is 2.60 bits per heavy atom. The molecule has 1 aromatic carbocycles. The van der Waals surface area contributed by atoms with E-state index in [2.05, 4.69) is 10.3 Å². The number of benzene rings is 1. The number of carbonyl (C=O) groups is 3. The van der Waals surface area contributed by atoms with E-state index in [9.17, 15) is 19.2 Å². The molecule has 3 aromatic rings. The highest BCUT2D eigenvalue weighted by atomic mass is 16.5. The molecule has 30 heavy (non-hydrogen) atoms. The molecule has 3 rings (SSSR count). The highest BCUT2D eigenvalue weighted by Gasteiger charge is 2.20. The number of hydrogen-bond donors (Lipinski definition) is 1. The molecule has 0 unspecified atom stereocenters. The van der Waals surface area contributed by atoms with Crippen molar-refractivity contribution >= 4 is 34.5 Å². The molecule has 0 aliphatic carbocycles. The minimum atomic E-state index is -0.870. The maximum atomic E-state index is 12.8. The van der Waals surface area contributed by atoms with Gasteiger partial charge < -0.3 is 19.2 Å². The second-order valence-electron chi connectivity index (χ2n) is 6.33. The fourth-order valence-electron chi connectivity index (χ4n) is 2.80. The topological polar surface area (TPSA) is 125 Å². The van der Waals surface area contributed by atoms with Gasteiger partial charge in [0.15, 0.2) is 5.58 Å². The SMILES string of the molecule is COC(=O)c1ccccc1NC(=O)c1cc2c(COC(C)=O)cnc(C)c2oc1=O. The van der Waals surface area contributed by atoms with Crippen LogP contribution in [0.3, 0.4) is 0 Å². The minimum Gasteiger partial charge on any atom is -0.465 e. The van der Waals surface area contributed by atoms with Gasteiger partial charge in [0.1, 0.15) is 12.2 Å². The van der Waals surface area contributed by atoms with E-state index in [1.54, 1.807) is 19.1 Å². The molecular formula is C21H18N2O7. The molecule has 0 aliphatic rings. The van der Waals surface area contributed by atoms with Crippen LogP contribution in [0, 0.1) is 6.92 Å². The van der Waals surface area contributed by atoms with Crippen molar-refractivity contribution in [2.24, 2.45) is 0 Å². The molecule has 2 heterocycles. The van der Waals surface area contributed by atoms with Crippen molar-refractivity contribution in [3.05, 3.63) is 69.3 Å². The molecule has 0 spiro atoms. The number of nitrogens with zero attached hydrogens (tertiary/aromatic N) is 1. The van der Waals surface area contributed by atoms with Gasteiger partial charge in [0.05, 0.1) is 24.1 Å². The number of hydrogen-bond acceptors (Lipinski definition) is 8. The quantitative estimate of drug-likeness (QED) is 0.637. The zero-order chi connectivity index (χ0) is 21.8. The fraction of sp³-hybridized carbons (Fsp3) is 0.190. The summed E-state index contributed by atoms with van der Waals surface area (Å²) in [5.74, 6) is -1.89. The Hall–Kier alpha value is -4.01. The van der Waals surface area contributed by atoms with E-state index < -0.39 is 23.5 Å². The number of nitrogens with one attached hydrogen (secondary N) is 1. The number of aromatic nitrogens is 1. The number of aryl methyl sites for hydroxylation is 1. The highest BCUT2D eigenvalue weighted by Crippen LogP contribution is 2.22. The molecule has 9 nitrogen and oxygen atoms in total. The molecule has 0 fully saturated rings. The Labute approximate surface area is 170 Å². The average molecular weight is 410 g/mol. The van der Waals surface area contributed by atoms with Crippen LogP contribution >= 0.6 is 0 Å². The number of pyridine rings is 1. The second kappa shape index (κ2) is 8.56. The van der Waals surface area contributed by atoms with E-state index >= 15 is 0 Å². The third-order valence-electron chi connectivity index (χ3n) is 4.29. The number of carbonyl (C=O) groups excluding carboxylic acids is 3. The van der Waals surface area contributed by atoms with Crippen molar-refractivity contribution in [2.45, 2.75) is 20.5 Å². The third-order valence-corrected chi connectivity index (χ3v) is 4.29. The molecule has 2 aromatic heterocycles. The number of ether oxygens (including phenoxy) is 2. The Balaban J connectivity index is 2.04. The predicted molar refractivity (Wildman–Crippen MR) is 106 cm³/mol. The van der Waals surface area contributed by atoms with Gasteiger partial charge in [-0.2, -0.15) is 0 Å². The van der Waals surface area contributed by atoms with Crippen molar-refractivity contribution in [3.63, 3.8) is 0 Å². The first-order chi connectivity index (χ1) is 14.3. The first-order valence-electron chi connectivity index (χ1n) is 8.86. The molecule has 1 N–H and O–H groups in total. The smallest absolute Gasteiger partial charge is 0.349 e. The lowest BCUT2D eigenvalue weighted by Gasteiger charge is -2.11. The van der Waals surface area contributed by atoms with Crippen LogP contribution in [0.1, 0.15) is 38.9 Å². The van der Waals surface area contributed by atoms with E-state index in [1.165, 1.54) is 38.4 Å². The second-order valence-corrected chi connectivity index (χ2v) is 6.33. The summed E-state index contributed by atoms with van der Waals surface area (Å²) in [5, 5.41) is 2.94. The molecule has 0 saturated carbocycles. The van der Waals surface area contributed by atoms with E-state index in [0.29, 0.717) is 16.6 Å². The Kier molecular flexibility index (Phi) is 5.91. The van der Waals surface area contributed by atoms with Gasteiger partial charge in [-0.1, -0.05) is 12.1 Å². The summed E-state index contributed by atoms with van der Waals surface area (Å²) < 4.78 is 15.0. The van der Waals surface area contributed by atoms with Crippen LogP contribution in [0.5, 0.6) is 0 Å². The van der Waals surface area contributed by atoms with Crippen LogP contribution in [0.25, 0.3) is 11.0 Å². The Morgan fingerprint density at radius 2 is 1.90 bits per heavy atom. The van der Waals surface area contributed by atoms with Gasteiger partial charge in [-0.25, -0.2) is 9.59 Å². The predicted octanol–water partition coefficient (Wildman–Crippen LogP) is 2.60. The maximum absolute atomic E-state index is 12.8. The van der Waals surface area contributed by atoms with Crippen LogP contribution in [0.4, 0.5) is 5.69 Å². The molecule has 0 saturated heterocycles. The molecule has 1 amide bonds. The summed E-state index contributed by atoms with van der Waals surface area (Å²) in [6.07, 6.45) is 1.48. The largest absolute Gasteiger partial charge is 0.465 e. The van der Waals surface area contributed by atoms with E-state index in [1.807, 2.05) is 0 Å². The van der Waals surface area contributed by atoms with Crippen LogP contribution in [0.15, 0.2) is 45.7 Å². The molecule has 9 heteroatoms. The zero-order valence-corrected chi connectivity index (χ0v) is 16.5. The number of para-hydroxylation sites is 1. The van der Waals surface area contributed by atoms with Crippen molar-refractivity contribution in [1.29, 1.82) is 0 Å². The normalized spacial score (nSPS) is 10.5. The number of amides is 1. The lowest BCUT2D eigenvalue weighted by molar-refractivity contribution is -0.142.